The second-order valence-corrected chi connectivity index (χ2v) is 8.10. The molecule has 1 unspecified atom stereocenters. The fourth-order valence-corrected chi connectivity index (χ4v) is 4.10. The number of aliphatic imine (C=N–C) groups is 1. The molecule has 1 saturated heterocycles. The molecule has 0 amide bonds. The van der Waals surface area contributed by atoms with E-state index < -0.39 is 0 Å². The van der Waals surface area contributed by atoms with Crippen LogP contribution >= 0.6 is 0 Å². The minimum absolute atomic E-state index is 0.580. The maximum absolute atomic E-state index is 5.51. The van der Waals surface area contributed by atoms with Crippen LogP contribution in [0.4, 0.5) is 0 Å². The van der Waals surface area contributed by atoms with Crippen molar-refractivity contribution in [3.05, 3.63) is 78.4 Å². The van der Waals surface area contributed by atoms with Gasteiger partial charge in [0.05, 0.1) is 12.9 Å². The molecule has 6 heteroatoms. The number of hydrogen-bond donors (Lipinski definition) is 1. The highest BCUT2D eigenvalue weighted by Crippen LogP contribution is 2.24. The Hall–Kier alpha value is -3.12. The lowest BCUT2D eigenvalue weighted by Gasteiger charge is -2.25. The van der Waals surface area contributed by atoms with E-state index >= 15 is 0 Å². The third-order valence-electron chi connectivity index (χ3n) is 5.77. The second kappa shape index (κ2) is 10.3. The molecular weight excluding hydrogens is 386 g/mol. The number of hydrogen-bond acceptors (Lipinski definition) is 3. The van der Waals surface area contributed by atoms with Gasteiger partial charge in [-0.1, -0.05) is 48.5 Å². The Bertz CT molecular complexity index is 975. The summed E-state index contributed by atoms with van der Waals surface area (Å²) in [4.78, 5) is 10.8. The Morgan fingerprint density at radius 1 is 1.23 bits per heavy atom. The fraction of sp³-hybridized carbons (Fsp3) is 0.360. The van der Waals surface area contributed by atoms with Crippen molar-refractivity contribution in [2.75, 3.05) is 33.9 Å². The van der Waals surface area contributed by atoms with Crippen LogP contribution in [0, 0.1) is 5.92 Å². The van der Waals surface area contributed by atoms with Gasteiger partial charge in [-0.05, 0) is 28.7 Å². The van der Waals surface area contributed by atoms with Gasteiger partial charge < -0.3 is 19.5 Å². The highest BCUT2D eigenvalue weighted by Gasteiger charge is 2.19. The number of nitrogens with one attached hydrogen (secondary N) is 1. The van der Waals surface area contributed by atoms with Gasteiger partial charge in [-0.2, -0.15) is 0 Å². The topological polar surface area (TPSA) is 54.7 Å². The number of aromatic nitrogens is 2. The summed E-state index contributed by atoms with van der Waals surface area (Å²) < 4.78 is 7.59. The summed E-state index contributed by atoms with van der Waals surface area (Å²) in [6, 6.07) is 17.3. The smallest absolute Gasteiger partial charge is 0.193 e. The number of rotatable bonds is 7. The molecule has 1 fully saturated rings. The highest BCUT2D eigenvalue weighted by molar-refractivity contribution is 5.80. The van der Waals surface area contributed by atoms with Gasteiger partial charge in [0.2, 0.25) is 0 Å². The number of nitrogens with zero attached hydrogens (tertiary/aromatic N) is 4. The number of imidazole rings is 1. The van der Waals surface area contributed by atoms with Crippen molar-refractivity contribution in [3.63, 3.8) is 0 Å². The van der Waals surface area contributed by atoms with Crippen LogP contribution in [0.25, 0.3) is 11.1 Å². The summed E-state index contributed by atoms with van der Waals surface area (Å²) in [7, 11) is 3.94. The zero-order valence-electron chi connectivity index (χ0n) is 18.4. The van der Waals surface area contributed by atoms with Crippen LogP contribution < -0.4 is 5.32 Å². The molecule has 3 aromatic rings. The lowest BCUT2D eigenvalue weighted by atomic mass is 9.98. The van der Waals surface area contributed by atoms with Crippen molar-refractivity contribution in [1.29, 1.82) is 0 Å². The molecule has 0 aliphatic carbocycles. The van der Waals surface area contributed by atoms with Crippen LogP contribution in [-0.2, 0) is 17.8 Å². The zero-order valence-corrected chi connectivity index (χ0v) is 18.4. The molecule has 0 radical (unpaired) electrons. The van der Waals surface area contributed by atoms with E-state index in [1.165, 1.54) is 22.3 Å². The van der Waals surface area contributed by atoms with Crippen molar-refractivity contribution in [2.45, 2.75) is 19.5 Å². The number of ether oxygens (including phenoxy) is 1. The first-order valence-electron chi connectivity index (χ1n) is 10.9. The standard InChI is InChI=1S/C25H31N5O/c1-26-25(29(2)16-21-11-14-31-18-21)28-15-23-5-3-4-6-24(23)22-9-7-20(8-10-22)17-30-13-12-27-19-30/h3-10,12-13,19,21H,11,14-18H2,1-2H3,(H,26,28). The van der Waals surface area contributed by atoms with Crippen molar-refractivity contribution < 1.29 is 4.74 Å². The summed E-state index contributed by atoms with van der Waals surface area (Å²) in [5.41, 5.74) is 4.98. The predicted molar refractivity (Wildman–Crippen MR) is 125 cm³/mol. The SMILES string of the molecule is CN=C(NCc1ccccc1-c1ccc(Cn2ccnc2)cc1)N(C)CC1CCOC1. The summed E-state index contributed by atoms with van der Waals surface area (Å²) >= 11 is 0. The molecular formula is C25H31N5O. The highest BCUT2D eigenvalue weighted by atomic mass is 16.5. The summed E-state index contributed by atoms with van der Waals surface area (Å²) in [5, 5.41) is 3.54. The Morgan fingerprint density at radius 3 is 2.77 bits per heavy atom. The zero-order chi connectivity index (χ0) is 21.5. The van der Waals surface area contributed by atoms with Crippen LogP contribution in [0.5, 0.6) is 0 Å². The van der Waals surface area contributed by atoms with Crippen LogP contribution in [0.3, 0.4) is 0 Å². The largest absolute Gasteiger partial charge is 0.381 e. The summed E-state index contributed by atoms with van der Waals surface area (Å²) in [5.74, 6) is 1.49. The Balaban J connectivity index is 1.42. The number of guanidine groups is 1. The molecule has 0 spiro atoms. The van der Waals surface area contributed by atoms with E-state index in [9.17, 15) is 0 Å². The van der Waals surface area contributed by atoms with Crippen LogP contribution in [0.1, 0.15) is 17.5 Å². The van der Waals surface area contributed by atoms with Crippen molar-refractivity contribution in [1.82, 2.24) is 19.8 Å². The second-order valence-electron chi connectivity index (χ2n) is 8.10. The van der Waals surface area contributed by atoms with Gasteiger partial charge in [0.1, 0.15) is 0 Å². The lowest BCUT2D eigenvalue weighted by Crippen LogP contribution is -2.41. The van der Waals surface area contributed by atoms with Gasteiger partial charge >= 0.3 is 0 Å². The first kappa shape index (κ1) is 21.1. The minimum Gasteiger partial charge on any atom is -0.381 e. The Labute approximate surface area is 184 Å². The molecule has 2 aromatic carbocycles. The third kappa shape index (κ3) is 5.52. The van der Waals surface area contributed by atoms with Gasteiger partial charge in [-0.3, -0.25) is 4.99 Å². The molecule has 1 atom stereocenters. The summed E-state index contributed by atoms with van der Waals surface area (Å²) in [6.07, 6.45) is 6.77. The molecule has 2 heterocycles. The average molecular weight is 418 g/mol. The van der Waals surface area contributed by atoms with Gasteiger partial charge in [0, 0.05) is 58.6 Å². The Kier molecular flexibility index (Phi) is 6.99. The van der Waals surface area contributed by atoms with E-state index in [-0.39, 0.29) is 0 Å². The van der Waals surface area contributed by atoms with Crippen LogP contribution in [0.2, 0.25) is 0 Å². The van der Waals surface area contributed by atoms with E-state index in [4.69, 9.17) is 4.74 Å². The first-order chi connectivity index (χ1) is 15.2. The molecule has 0 saturated carbocycles. The maximum Gasteiger partial charge on any atom is 0.193 e. The van der Waals surface area contributed by atoms with E-state index in [0.29, 0.717) is 5.92 Å². The van der Waals surface area contributed by atoms with E-state index in [1.54, 1.807) is 0 Å². The van der Waals surface area contributed by atoms with Gasteiger partial charge in [0.15, 0.2) is 5.96 Å². The maximum atomic E-state index is 5.51. The lowest BCUT2D eigenvalue weighted by molar-refractivity contribution is 0.181. The predicted octanol–water partition coefficient (Wildman–Crippen LogP) is 3.64. The van der Waals surface area contributed by atoms with Gasteiger partial charge in [-0.25, -0.2) is 4.98 Å². The molecule has 4 rings (SSSR count). The van der Waals surface area contributed by atoms with Crippen molar-refractivity contribution in [3.8, 4) is 11.1 Å². The molecule has 0 bridgehead atoms. The molecule has 1 aliphatic rings. The quantitative estimate of drug-likeness (QED) is 0.471. The van der Waals surface area contributed by atoms with Crippen molar-refractivity contribution >= 4 is 5.96 Å². The summed E-state index contributed by atoms with van der Waals surface area (Å²) in [6.45, 7) is 4.24. The van der Waals surface area contributed by atoms with E-state index in [1.807, 2.05) is 25.8 Å². The van der Waals surface area contributed by atoms with E-state index in [0.717, 1.165) is 45.2 Å². The first-order valence-corrected chi connectivity index (χ1v) is 10.9. The third-order valence-corrected chi connectivity index (χ3v) is 5.77. The molecule has 162 valence electrons. The normalized spacial score (nSPS) is 16.5. The fourth-order valence-electron chi connectivity index (χ4n) is 4.10. The minimum atomic E-state index is 0.580. The average Bonchev–Trinajstić information content (AvgIpc) is 3.50. The van der Waals surface area contributed by atoms with Crippen molar-refractivity contribution in [2.24, 2.45) is 10.9 Å². The molecule has 6 nitrogen and oxygen atoms in total. The number of benzene rings is 2. The monoisotopic (exact) mass is 417 g/mol. The van der Waals surface area contributed by atoms with Gasteiger partial charge in [0.25, 0.3) is 0 Å². The van der Waals surface area contributed by atoms with Crippen LogP contribution in [-0.4, -0.2) is 54.3 Å². The molecule has 31 heavy (non-hydrogen) atoms. The van der Waals surface area contributed by atoms with E-state index in [2.05, 4.69) is 80.3 Å². The van der Waals surface area contributed by atoms with Gasteiger partial charge in [-0.15, -0.1) is 0 Å². The Morgan fingerprint density at radius 2 is 2.06 bits per heavy atom. The molecule has 1 aromatic heterocycles. The van der Waals surface area contributed by atoms with Crippen LogP contribution in [0.15, 0.2) is 72.2 Å². The molecule has 1 N–H and O–H groups in total. The molecule has 1 aliphatic heterocycles.